The zero-order valence-corrected chi connectivity index (χ0v) is 19.5. The van der Waals surface area contributed by atoms with Crippen molar-refractivity contribution in [2.24, 2.45) is 4.99 Å². The number of carbonyl (C=O) groups is 1. The van der Waals surface area contributed by atoms with Crippen LogP contribution in [-0.2, 0) is 11.4 Å². The SMILES string of the molecule is C=CCN1C(=O)/C(=C/c2ccc(OCc3ccc(C)cc3)cc2)S/C1=N/c1cccc(C)n1. The summed E-state index contributed by atoms with van der Waals surface area (Å²) in [5.74, 6) is 1.27. The fraction of sp³-hybridized carbons (Fsp3) is 0.148. The predicted octanol–water partition coefficient (Wildman–Crippen LogP) is 6.07. The minimum Gasteiger partial charge on any atom is -0.489 e. The maximum absolute atomic E-state index is 13.0. The second kappa shape index (κ2) is 10.3. The van der Waals surface area contributed by atoms with Crippen molar-refractivity contribution in [2.45, 2.75) is 20.5 Å². The molecule has 0 bridgehead atoms. The highest BCUT2D eigenvalue weighted by molar-refractivity contribution is 8.18. The summed E-state index contributed by atoms with van der Waals surface area (Å²) >= 11 is 1.34. The van der Waals surface area contributed by atoms with Crippen molar-refractivity contribution in [2.75, 3.05) is 6.54 Å². The first kappa shape index (κ1) is 22.6. The number of nitrogens with zero attached hydrogens (tertiary/aromatic N) is 3. The molecule has 0 N–H and O–H groups in total. The lowest BCUT2D eigenvalue weighted by Crippen LogP contribution is -2.29. The molecule has 0 atom stereocenters. The summed E-state index contributed by atoms with van der Waals surface area (Å²) in [4.78, 5) is 24.2. The molecule has 6 heteroatoms. The number of amides is 1. The van der Waals surface area contributed by atoms with E-state index in [0.29, 0.717) is 29.0 Å². The molecule has 1 aromatic heterocycles. The fourth-order valence-corrected chi connectivity index (χ4v) is 4.23. The van der Waals surface area contributed by atoms with E-state index in [1.807, 2.05) is 55.5 Å². The van der Waals surface area contributed by atoms with E-state index in [-0.39, 0.29) is 5.91 Å². The topological polar surface area (TPSA) is 54.8 Å². The third-order valence-corrected chi connectivity index (χ3v) is 5.99. The number of benzene rings is 2. The number of aromatic nitrogens is 1. The molecule has 0 unspecified atom stereocenters. The van der Waals surface area contributed by atoms with Crippen molar-refractivity contribution in [3.05, 3.63) is 107 Å². The number of ether oxygens (including phenoxy) is 1. The molecule has 1 aliphatic rings. The molecule has 5 nitrogen and oxygen atoms in total. The number of aliphatic imine (C=N–C) groups is 1. The molecule has 3 aromatic rings. The first-order chi connectivity index (χ1) is 16.0. The van der Waals surface area contributed by atoms with Crippen molar-refractivity contribution in [3.8, 4) is 5.75 Å². The van der Waals surface area contributed by atoms with Crippen molar-refractivity contribution < 1.29 is 9.53 Å². The summed E-state index contributed by atoms with van der Waals surface area (Å²) in [5.41, 5.74) is 4.14. The summed E-state index contributed by atoms with van der Waals surface area (Å²) in [5, 5.41) is 0.599. The zero-order valence-electron chi connectivity index (χ0n) is 18.7. The highest BCUT2D eigenvalue weighted by Crippen LogP contribution is 2.34. The van der Waals surface area contributed by atoms with Gasteiger partial charge in [0.1, 0.15) is 12.4 Å². The number of rotatable bonds is 7. The molecule has 0 saturated carbocycles. The van der Waals surface area contributed by atoms with Gasteiger partial charge < -0.3 is 4.74 Å². The number of carbonyl (C=O) groups excluding carboxylic acids is 1. The van der Waals surface area contributed by atoms with Crippen LogP contribution >= 0.6 is 11.8 Å². The molecule has 0 radical (unpaired) electrons. The Hall–Kier alpha value is -3.64. The minimum atomic E-state index is -0.0917. The lowest BCUT2D eigenvalue weighted by atomic mass is 10.1. The average Bonchev–Trinajstić information content (AvgIpc) is 3.09. The van der Waals surface area contributed by atoms with E-state index < -0.39 is 0 Å². The molecule has 0 spiro atoms. The van der Waals surface area contributed by atoms with Gasteiger partial charge in [0.2, 0.25) is 0 Å². The number of thioether (sulfide) groups is 1. The van der Waals surface area contributed by atoms with E-state index in [1.54, 1.807) is 11.0 Å². The van der Waals surface area contributed by atoms with Crippen LogP contribution in [-0.4, -0.2) is 27.5 Å². The molecular formula is C27H25N3O2S. The van der Waals surface area contributed by atoms with Crippen LogP contribution in [0, 0.1) is 13.8 Å². The summed E-state index contributed by atoms with van der Waals surface area (Å²) in [6, 6.07) is 21.6. The van der Waals surface area contributed by atoms with Gasteiger partial charge in [-0.1, -0.05) is 54.1 Å². The Labute approximate surface area is 198 Å². The molecular weight excluding hydrogens is 430 g/mol. The van der Waals surface area contributed by atoms with Gasteiger partial charge >= 0.3 is 0 Å². The molecule has 2 heterocycles. The lowest BCUT2D eigenvalue weighted by Gasteiger charge is -2.12. The Bertz CT molecular complexity index is 1210. The second-order valence-electron chi connectivity index (χ2n) is 7.69. The van der Waals surface area contributed by atoms with Crippen LogP contribution in [0.15, 0.2) is 89.3 Å². The standard InChI is InChI=1S/C27H25N3O2S/c1-4-16-30-26(31)24(33-27(30)29-25-7-5-6-20(3)28-25)17-21-12-14-23(15-13-21)32-18-22-10-8-19(2)9-11-22/h4-15,17H,1,16,18H2,2-3H3/b24-17-,29-27+. The van der Waals surface area contributed by atoms with E-state index in [0.717, 1.165) is 22.6 Å². The molecule has 2 aromatic carbocycles. The van der Waals surface area contributed by atoms with E-state index in [4.69, 9.17) is 4.74 Å². The van der Waals surface area contributed by atoms with Crippen LogP contribution in [0.4, 0.5) is 5.82 Å². The van der Waals surface area contributed by atoms with E-state index in [2.05, 4.69) is 47.7 Å². The van der Waals surface area contributed by atoms with Gasteiger partial charge in [-0.2, -0.15) is 0 Å². The van der Waals surface area contributed by atoms with Gasteiger partial charge in [0.15, 0.2) is 11.0 Å². The Balaban J connectivity index is 1.48. The smallest absolute Gasteiger partial charge is 0.267 e. The second-order valence-corrected chi connectivity index (χ2v) is 8.70. The van der Waals surface area contributed by atoms with Gasteiger partial charge in [-0.05, 0) is 67.1 Å². The van der Waals surface area contributed by atoms with Crippen LogP contribution < -0.4 is 4.74 Å². The highest BCUT2D eigenvalue weighted by atomic mass is 32.2. The van der Waals surface area contributed by atoms with Crippen molar-refractivity contribution in [3.63, 3.8) is 0 Å². The fourth-order valence-electron chi connectivity index (χ4n) is 3.23. The summed E-state index contributed by atoms with van der Waals surface area (Å²) in [6.07, 6.45) is 3.57. The van der Waals surface area contributed by atoms with E-state index >= 15 is 0 Å². The van der Waals surface area contributed by atoms with Gasteiger partial charge in [0, 0.05) is 12.2 Å². The Morgan fingerprint density at radius 1 is 1.06 bits per heavy atom. The van der Waals surface area contributed by atoms with Gasteiger partial charge in [0.25, 0.3) is 5.91 Å². The molecule has 1 saturated heterocycles. The van der Waals surface area contributed by atoms with Gasteiger partial charge in [-0.25, -0.2) is 9.98 Å². The minimum absolute atomic E-state index is 0.0917. The van der Waals surface area contributed by atoms with Crippen LogP contribution in [0.3, 0.4) is 0 Å². The Morgan fingerprint density at radius 2 is 1.82 bits per heavy atom. The normalized spacial score (nSPS) is 15.9. The lowest BCUT2D eigenvalue weighted by molar-refractivity contribution is -0.121. The van der Waals surface area contributed by atoms with Gasteiger partial charge in [-0.3, -0.25) is 9.69 Å². The van der Waals surface area contributed by atoms with E-state index in [9.17, 15) is 4.79 Å². The van der Waals surface area contributed by atoms with Crippen LogP contribution in [0.1, 0.15) is 22.4 Å². The Kier molecular flexibility index (Phi) is 7.05. The molecule has 166 valence electrons. The summed E-state index contributed by atoms with van der Waals surface area (Å²) in [6.45, 7) is 8.65. The average molecular weight is 456 g/mol. The quantitative estimate of drug-likeness (QED) is 0.321. The van der Waals surface area contributed by atoms with Gasteiger partial charge in [-0.15, -0.1) is 6.58 Å². The predicted molar refractivity (Wildman–Crippen MR) is 135 cm³/mol. The molecule has 1 amide bonds. The molecule has 1 aliphatic heterocycles. The third kappa shape index (κ3) is 5.79. The molecule has 33 heavy (non-hydrogen) atoms. The van der Waals surface area contributed by atoms with Crippen LogP contribution in [0.25, 0.3) is 6.08 Å². The molecule has 4 rings (SSSR count). The number of amidine groups is 1. The van der Waals surface area contributed by atoms with Crippen molar-refractivity contribution in [1.29, 1.82) is 0 Å². The summed E-state index contributed by atoms with van der Waals surface area (Å²) in [7, 11) is 0. The maximum atomic E-state index is 13.0. The third-order valence-electron chi connectivity index (χ3n) is 4.99. The number of hydrogen-bond donors (Lipinski definition) is 0. The van der Waals surface area contributed by atoms with Crippen LogP contribution in [0.5, 0.6) is 5.75 Å². The largest absolute Gasteiger partial charge is 0.489 e. The molecule has 0 aliphatic carbocycles. The molecule has 1 fully saturated rings. The summed E-state index contributed by atoms with van der Waals surface area (Å²) < 4.78 is 5.88. The van der Waals surface area contributed by atoms with Crippen molar-refractivity contribution in [1.82, 2.24) is 9.88 Å². The number of pyridine rings is 1. The maximum Gasteiger partial charge on any atom is 0.267 e. The number of aryl methyl sites for hydroxylation is 2. The van der Waals surface area contributed by atoms with Crippen molar-refractivity contribution >= 4 is 34.7 Å². The zero-order chi connectivity index (χ0) is 23.2. The van der Waals surface area contributed by atoms with Crippen LogP contribution in [0.2, 0.25) is 0 Å². The van der Waals surface area contributed by atoms with Gasteiger partial charge in [0.05, 0.1) is 4.91 Å². The monoisotopic (exact) mass is 455 g/mol. The van der Waals surface area contributed by atoms with E-state index in [1.165, 1.54) is 17.3 Å². The number of hydrogen-bond acceptors (Lipinski definition) is 5. The first-order valence-electron chi connectivity index (χ1n) is 10.6. The first-order valence-corrected chi connectivity index (χ1v) is 11.5. The Morgan fingerprint density at radius 3 is 2.52 bits per heavy atom. The highest BCUT2D eigenvalue weighted by Gasteiger charge is 2.32.